The number of hydrogen-bond acceptors (Lipinski definition) is 4. The number of amides is 1. The zero-order chi connectivity index (χ0) is 14.2. The topological polar surface area (TPSA) is 68.5 Å². The Morgan fingerprint density at radius 3 is 2.79 bits per heavy atom. The van der Waals surface area contributed by atoms with Crippen molar-refractivity contribution < 1.29 is 9.53 Å². The molecule has 1 aromatic heterocycles. The van der Waals surface area contributed by atoms with E-state index in [2.05, 4.69) is 4.98 Å². The molecule has 2 heterocycles. The van der Waals surface area contributed by atoms with E-state index >= 15 is 0 Å². The minimum atomic E-state index is -0.476. The van der Waals surface area contributed by atoms with Crippen molar-refractivity contribution in [1.82, 2.24) is 9.88 Å². The van der Waals surface area contributed by atoms with E-state index in [1.807, 2.05) is 33.8 Å². The summed E-state index contributed by atoms with van der Waals surface area (Å²) in [5.74, 6) is 0.525. The quantitative estimate of drug-likeness (QED) is 0.781. The molecule has 0 saturated carbocycles. The molecular formula is C14H21N3O2. The highest BCUT2D eigenvalue weighted by Crippen LogP contribution is 2.30. The largest absolute Gasteiger partial charge is 0.444 e. The first-order valence-corrected chi connectivity index (χ1v) is 6.53. The fourth-order valence-corrected chi connectivity index (χ4v) is 2.27. The van der Waals surface area contributed by atoms with Gasteiger partial charge >= 0.3 is 6.09 Å². The fourth-order valence-electron chi connectivity index (χ4n) is 2.27. The lowest BCUT2D eigenvalue weighted by Crippen LogP contribution is -2.42. The normalized spacial score (nSPS) is 18.9. The van der Waals surface area contributed by atoms with Crippen molar-refractivity contribution in [3.63, 3.8) is 0 Å². The van der Waals surface area contributed by atoms with Crippen LogP contribution in [0.5, 0.6) is 0 Å². The van der Waals surface area contributed by atoms with Crippen LogP contribution in [-0.2, 0) is 11.2 Å². The summed E-state index contributed by atoms with van der Waals surface area (Å²) in [6, 6.07) is 3.68. The lowest BCUT2D eigenvalue weighted by molar-refractivity contribution is 0.0158. The summed E-state index contributed by atoms with van der Waals surface area (Å²) in [5.41, 5.74) is 7.24. The Hall–Kier alpha value is -1.78. The molecule has 0 spiro atoms. The van der Waals surface area contributed by atoms with Crippen LogP contribution < -0.4 is 5.73 Å². The lowest BCUT2D eigenvalue weighted by Gasteiger charge is -2.35. The first kappa shape index (κ1) is 13.6. The van der Waals surface area contributed by atoms with Gasteiger partial charge in [-0.2, -0.15) is 0 Å². The minimum absolute atomic E-state index is 0.0355. The summed E-state index contributed by atoms with van der Waals surface area (Å²) in [5, 5.41) is 0. The Bertz CT molecular complexity index is 494. The number of nitrogens with two attached hydrogens (primary N) is 1. The molecule has 1 aliphatic rings. The molecule has 0 fully saturated rings. The van der Waals surface area contributed by atoms with Gasteiger partial charge in [0, 0.05) is 18.7 Å². The van der Waals surface area contributed by atoms with Gasteiger partial charge in [0.15, 0.2) is 0 Å². The molecule has 2 rings (SSSR count). The van der Waals surface area contributed by atoms with Crippen molar-refractivity contribution in [1.29, 1.82) is 0 Å². The van der Waals surface area contributed by atoms with Crippen LogP contribution in [-0.4, -0.2) is 28.1 Å². The molecule has 0 radical (unpaired) electrons. The summed E-state index contributed by atoms with van der Waals surface area (Å²) in [6.07, 6.45) is 0.437. The number of anilines is 1. The van der Waals surface area contributed by atoms with Gasteiger partial charge < -0.3 is 15.4 Å². The average molecular weight is 263 g/mol. The SMILES string of the molecule is C[C@H]1c2ccc(N)nc2CCN1C(=O)OC(C)(C)C. The highest BCUT2D eigenvalue weighted by molar-refractivity contribution is 5.69. The first-order chi connectivity index (χ1) is 8.78. The van der Waals surface area contributed by atoms with Crippen LogP contribution in [0.3, 0.4) is 0 Å². The van der Waals surface area contributed by atoms with Crippen LogP contribution in [0.2, 0.25) is 0 Å². The average Bonchev–Trinajstić information content (AvgIpc) is 2.26. The van der Waals surface area contributed by atoms with Crippen LogP contribution >= 0.6 is 0 Å². The second-order valence-corrected chi connectivity index (χ2v) is 5.87. The number of carbonyl (C=O) groups is 1. The zero-order valence-electron chi connectivity index (χ0n) is 11.9. The standard InChI is InChI=1S/C14H21N3O2/c1-9-10-5-6-12(15)16-11(10)7-8-17(9)13(18)19-14(2,3)4/h5-6,9H,7-8H2,1-4H3,(H2,15,16)/t9-/m0/s1. The third-order valence-electron chi connectivity index (χ3n) is 3.17. The summed E-state index contributed by atoms with van der Waals surface area (Å²) < 4.78 is 5.43. The predicted molar refractivity (Wildman–Crippen MR) is 73.7 cm³/mol. The third kappa shape index (κ3) is 2.97. The second kappa shape index (κ2) is 4.72. The molecule has 0 aromatic carbocycles. The number of nitrogen functional groups attached to an aromatic ring is 1. The van der Waals surface area contributed by atoms with E-state index in [0.29, 0.717) is 18.8 Å². The number of rotatable bonds is 0. The third-order valence-corrected chi connectivity index (χ3v) is 3.17. The van der Waals surface area contributed by atoms with Crippen molar-refractivity contribution >= 4 is 11.9 Å². The molecule has 0 bridgehead atoms. The fraction of sp³-hybridized carbons (Fsp3) is 0.571. The Kier molecular flexibility index (Phi) is 3.39. The number of aromatic nitrogens is 1. The molecule has 1 amide bonds. The summed E-state index contributed by atoms with van der Waals surface area (Å²) in [7, 11) is 0. The van der Waals surface area contributed by atoms with E-state index in [0.717, 1.165) is 11.3 Å². The van der Waals surface area contributed by atoms with Crippen molar-refractivity contribution in [3.05, 3.63) is 23.4 Å². The van der Waals surface area contributed by atoms with Gasteiger partial charge in [-0.1, -0.05) is 6.07 Å². The Morgan fingerprint density at radius 1 is 1.47 bits per heavy atom. The van der Waals surface area contributed by atoms with E-state index in [9.17, 15) is 4.79 Å². The molecule has 104 valence electrons. The van der Waals surface area contributed by atoms with Gasteiger partial charge in [0.1, 0.15) is 11.4 Å². The van der Waals surface area contributed by atoms with Gasteiger partial charge in [-0.3, -0.25) is 0 Å². The van der Waals surface area contributed by atoms with Crippen LogP contribution in [0.25, 0.3) is 0 Å². The van der Waals surface area contributed by atoms with Gasteiger partial charge in [-0.05, 0) is 39.3 Å². The zero-order valence-corrected chi connectivity index (χ0v) is 11.9. The van der Waals surface area contributed by atoms with Crippen LogP contribution in [0.1, 0.15) is 45.0 Å². The summed E-state index contributed by atoms with van der Waals surface area (Å²) in [4.78, 5) is 18.2. The molecule has 0 saturated heterocycles. The highest BCUT2D eigenvalue weighted by atomic mass is 16.6. The molecule has 0 unspecified atom stereocenters. The summed E-state index contributed by atoms with van der Waals surface area (Å²) in [6.45, 7) is 8.21. The molecule has 2 N–H and O–H groups in total. The van der Waals surface area contributed by atoms with Crippen molar-refractivity contribution in [3.8, 4) is 0 Å². The second-order valence-electron chi connectivity index (χ2n) is 5.87. The van der Waals surface area contributed by atoms with Crippen molar-refractivity contribution in [2.75, 3.05) is 12.3 Å². The monoisotopic (exact) mass is 263 g/mol. The van der Waals surface area contributed by atoms with E-state index in [-0.39, 0.29) is 12.1 Å². The Labute approximate surface area is 113 Å². The maximum Gasteiger partial charge on any atom is 0.410 e. The molecular weight excluding hydrogens is 242 g/mol. The van der Waals surface area contributed by atoms with Crippen LogP contribution in [0.4, 0.5) is 10.6 Å². The number of hydrogen-bond donors (Lipinski definition) is 1. The van der Waals surface area contributed by atoms with Crippen LogP contribution in [0, 0.1) is 0 Å². The van der Waals surface area contributed by atoms with Gasteiger partial charge in [0.2, 0.25) is 0 Å². The highest BCUT2D eigenvalue weighted by Gasteiger charge is 2.31. The number of carbonyl (C=O) groups excluding carboxylic acids is 1. The predicted octanol–water partition coefficient (Wildman–Crippen LogP) is 2.52. The number of ether oxygens (including phenoxy) is 1. The Balaban J connectivity index is 2.19. The smallest absolute Gasteiger partial charge is 0.410 e. The van der Waals surface area contributed by atoms with Crippen molar-refractivity contribution in [2.45, 2.75) is 45.8 Å². The number of fused-ring (bicyclic) bond motifs is 1. The van der Waals surface area contributed by atoms with E-state index in [1.165, 1.54) is 0 Å². The van der Waals surface area contributed by atoms with Gasteiger partial charge in [0.05, 0.1) is 6.04 Å². The molecule has 5 nitrogen and oxygen atoms in total. The first-order valence-electron chi connectivity index (χ1n) is 6.53. The number of nitrogens with zero attached hydrogens (tertiary/aromatic N) is 2. The molecule has 19 heavy (non-hydrogen) atoms. The van der Waals surface area contributed by atoms with Gasteiger partial charge in [0.25, 0.3) is 0 Å². The molecule has 0 aliphatic carbocycles. The van der Waals surface area contributed by atoms with Gasteiger partial charge in [-0.25, -0.2) is 9.78 Å². The van der Waals surface area contributed by atoms with Gasteiger partial charge in [-0.15, -0.1) is 0 Å². The molecule has 5 heteroatoms. The molecule has 1 aromatic rings. The number of pyridine rings is 1. The maximum atomic E-state index is 12.2. The van der Waals surface area contributed by atoms with E-state index < -0.39 is 5.60 Å². The van der Waals surface area contributed by atoms with E-state index in [1.54, 1.807) is 11.0 Å². The molecule has 1 atom stereocenters. The molecule has 1 aliphatic heterocycles. The minimum Gasteiger partial charge on any atom is -0.444 e. The maximum absolute atomic E-state index is 12.2. The Morgan fingerprint density at radius 2 is 2.16 bits per heavy atom. The summed E-state index contributed by atoms with van der Waals surface area (Å²) >= 11 is 0. The van der Waals surface area contributed by atoms with Crippen molar-refractivity contribution in [2.24, 2.45) is 0 Å². The van der Waals surface area contributed by atoms with E-state index in [4.69, 9.17) is 10.5 Å². The lowest BCUT2D eigenvalue weighted by atomic mass is 9.98. The van der Waals surface area contributed by atoms with Crippen LogP contribution in [0.15, 0.2) is 12.1 Å².